The van der Waals surface area contributed by atoms with E-state index in [2.05, 4.69) is 100 Å². The Hall–Kier alpha value is -2.09. The molecule has 0 aliphatic carbocycles. The van der Waals surface area contributed by atoms with Gasteiger partial charge in [-0.05, 0) is 34.1 Å². The Morgan fingerprint density at radius 3 is 1.87 bits per heavy atom. The maximum atomic E-state index is 4.19. The summed E-state index contributed by atoms with van der Waals surface area (Å²) in [6.45, 7) is 13.3. The molecule has 0 radical (unpaired) electrons. The standard InChI is InChI=1S/C11H14N2.C10H14/c1-11(2,3)8-4-5-9-10(6-8)13-7-12-9;1-10(2,3)9-7-5-4-6-8-9/h4-7H,1-3H3,(H,12,13);4-8H,1-3H3. The predicted octanol–water partition coefficient (Wildman–Crippen LogP) is 5.84. The monoisotopic (exact) mass is 308 g/mol. The van der Waals surface area contributed by atoms with Crippen LogP contribution in [0.1, 0.15) is 52.7 Å². The Bertz CT molecular complexity index is 741. The molecule has 0 amide bonds. The fraction of sp³-hybridized carbons (Fsp3) is 0.381. The van der Waals surface area contributed by atoms with Crippen LogP contribution in [0, 0.1) is 0 Å². The molecule has 1 aromatic heterocycles. The summed E-state index contributed by atoms with van der Waals surface area (Å²) in [4.78, 5) is 7.31. The average Bonchev–Trinajstić information content (AvgIpc) is 2.94. The van der Waals surface area contributed by atoms with Gasteiger partial charge < -0.3 is 4.98 Å². The number of imidazole rings is 1. The van der Waals surface area contributed by atoms with E-state index in [4.69, 9.17) is 0 Å². The van der Waals surface area contributed by atoms with Gasteiger partial charge in [0.15, 0.2) is 0 Å². The minimum absolute atomic E-state index is 0.208. The van der Waals surface area contributed by atoms with E-state index < -0.39 is 0 Å². The fourth-order valence-electron chi connectivity index (χ4n) is 2.34. The number of nitrogens with zero attached hydrogens (tertiary/aromatic N) is 1. The Labute approximate surface area is 140 Å². The minimum atomic E-state index is 0.208. The van der Waals surface area contributed by atoms with Gasteiger partial charge in [-0.25, -0.2) is 4.98 Å². The Morgan fingerprint density at radius 1 is 0.739 bits per heavy atom. The molecule has 1 N–H and O–H groups in total. The number of benzene rings is 2. The first-order chi connectivity index (χ1) is 10.7. The molecule has 3 aromatic rings. The average molecular weight is 308 g/mol. The van der Waals surface area contributed by atoms with Crippen LogP contribution in [-0.4, -0.2) is 9.97 Å². The minimum Gasteiger partial charge on any atom is -0.345 e. The van der Waals surface area contributed by atoms with E-state index in [0.29, 0.717) is 5.41 Å². The largest absolute Gasteiger partial charge is 0.345 e. The molecule has 2 heteroatoms. The molecule has 2 nitrogen and oxygen atoms in total. The summed E-state index contributed by atoms with van der Waals surface area (Å²) in [7, 11) is 0. The lowest BCUT2D eigenvalue weighted by molar-refractivity contribution is 0.590. The van der Waals surface area contributed by atoms with E-state index in [-0.39, 0.29) is 5.41 Å². The smallest absolute Gasteiger partial charge is 0.0931 e. The third-order valence-corrected chi connectivity index (χ3v) is 3.93. The molecule has 0 saturated carbocycles. The lowest BCUT2D eigenvalue weighted by atomic mass is 9.87. The predicted molar refractivity (Wildman–Crippen MR) is 99.9 cm³/mol. The topological polar surface area (TPSA) is 28.7 Å². The molecular weight excluding hydrogens is 280 g/mol. The van der Waals surface area contributed by atoms with Gasteiger partial charge in [-0.3, -0.25) is 0 Å². The third-order valence-electron chi connectivity index (χ3n) is 3.93. The van der Waals surface area contributed by atoms with Crippen LogP contribution in [0.3, 0.4) is 0 Å². The van der Waals surface area contributed by atoms with Crippen molar-refractivity contribution in [3.05, 3.63) is 66.0 Å². The highest BCUT2D eigenvalue weighted by Crippen LogP contribution is 2.24. The second kappa shape index (κ2) is 6.57. The highest BCUT2D eigenvalue weighted by atomic mass is 14.9. The van der Waals surface area contributed by atoms with E-state index >= 15 is 0 Å². The zero-order chi connectivity index (χ0) is 17.1. The first-order valence-electron chi connectivity index (χ1n) is 8.17. The highest BCUT2D eigenvalue weighted by Gasteiger charge is 2.14. The number of nitrogens with one attached hydrogen (secondary N) is 1. The van der Waals surface area contributed by atoms with Crippen molar-refractivity contribution >= 4 is 11.0 Å². The molecule has 0 atom stereocenters. The van der Waals surface area contributed by atoms with E-state index in [1.807, 2.05) is 0 Å². The second-order valence-corrected chi connectivity index (χ2v) is 8.00. The second-order valence-electron chi connectivity index (χ2n) is 8.00. The molecule has 23 heavy (non-hydrogen) atoms. The molecular formula is C21H28N2. The molecule has 0 aliphatic rings. The quantitative estimate of drug-likeness (QED) is 0.555. The Balaban J connectivity index is 0.000000174. The highest BCUT2D eigenvalue weighted by molar-refractivity contribution is 5.75. The van der Waals surface area contributed by atoms with Crippen LogP contribution in [0.2, 0.25) is 0 Å². The summed E-state index contributed by atoms with van der Waals surface area (Å²) < 4.78 is 0. The summed E-state index contributed by atoms with van der Waals surface area (Å²) in [5, 5.41) is 0. The van der Waals surface area contributed by atoms with Gasteiger partial charge in [-0.1, -0.05) is 77.9 Å². The van der Waals surface area contributed by atoms with Crippen LogP contribution < -0.4 is 0 Å². The normalized spacial score (nSPS) is 11.9. The molecule has 0 saturated heterocycles. The van der Waals surface area contributed by atoms with Crippen LogP contribution in [0.4, 0.5) is 0 Å². The van der Waals surface area contributed by atoms with Crippen molar-refractivity contribution < 1.29 is 0 Å². The van der Waals surface area contributed by atoms with E-state index in [1.165, 1.54) is 11.1 Å². The van der Waals surface area contributed by atoms with Crippen LogP contribution in [0.15, 0.2) is 54.9 Å². The number of fused-ring (bicyclic) bond motifs is 1. The number of H-pyrrole nitrogens is 1. The van der Waals surface area contributed by atoms with Gasteiger partial charge in [0.25, 0.3) is 0 Å². The summed E-state index contributed by atoms with van der Waals surface area (Å²) >= 11 is 0. The molecule has 0 fully saturated rings. The summed E-state index contributed by atoms with van der Waals surface area (Å²) in [6, 6.07) is 16.9. The molecule has 3 rings (SSSR count). The van der Waals surface area contributed by atoms with Crippen molar-refractivity contribution in [2.45, 2.75) is 52.4 Å². The van der Waals surface area contributed by atoms with Crippen molar-refractivity contribution in [2.75, 3.05) is 0 Å². The van der Waals surface area contributed by atoms with Gasteiger partial charge in [0.2, 0.25) is 0 Å². The maximum Gasteiger partial charge on any atom is 0.0931 e. The van der Waals surface area contributed by atoms with Crippen molar-refractivity contribution in [1.29, 1.82) is 0 Å². The van der Waals surface area contributed by atoms with Crippen molar-refractivity contribution in [2.24, 2.45) is 0 Å². The number of hydrogen-bond acceptors (Lipinski definition) is 1. The molecule has 0 aliphatic heterocycles. The molecule has 2 aromatic carbocycles. The number of aromatic amines is 1. The SMILES string of the molecule is CC(C)(C)c1ccc2nc[nH]c2c1.CC(C)(C)c1ccccc1. The Kier molecular flexibility index (Phi) is 4.93. The number of rotatable bonds is 0. The van der Waals surface area contributed by atoms with Gasteiger partial charge in [-0.15, -0.1) is 0 Å². The van der Waals surface area contributed by atoms with Crippen molar-refractivity contribution in [3.63, 3.8) is 0 Å². The Morgan fingerprint density at radius 2 is 1.35 bits per heavy atom. The summed E-state index contributed by atoms with van der Waals surface area (Å²) in [6.07, 6.45) is 1.73. The van der Waals surface area contributed by atoms with Crippen LogP contribution in [-0.2, 0) is 10.8 Å². The first-order valence-corrected chi connectivity index (χ1v) is 8.17. The van der Waals surface area contributed by atoms with Crippen LogP contribution >= 0.6 is 0 Å². The van der Waals surface area contributed by atoms with Gasteiger partial charge in [0.1, 0.15) is 0 Å². The molecule has 1 heterocycles. The lowest BCUT2D eigenvalue weighted by Gasteiger charge is -2.18. The summed E-state index contributed by atoms with van der Waals surface area (Å²) in [5.41, 5.74) is 5.39. The van der Waals surface area contributed by atoms with E-state index in [9.17, 15) is 0 Å². The van der Waals surface area contributed by atoms with Crippen LogP contribution in [0.5, 0.6) is 0 Å². The number of hydrogen-bond donors (Lipinski definition) is 1. The first kappa shape index (κ1) is 17.3. The van der Waals surface area contributed by atoms with Gasteiger partial charge in [0, 0.05) is 0 Å². The molecule has 0 bridgehead atoms. The molecule has 122 valence electrons. The number of aromatic nitrogens is 2. The van der Waals surface area contributed by atoms with Crippen molar-refractivity contribution in [1.82, 2.24) is 9.97 Å². The summed E-state index contributed by atoms with van der Waals surface area (Å²) in [5.74, 6) is 0. The van der Waals surface area contributed by atoms with E-state index in [0.717, 1.165) is 11.0 Å². The zero-order valence-electron chi connectivity index (χ0n) is 15.1. The fourth-order valence-corrected chi connectivity index (χ4v) is 2.34. The van der Waals surface area contributed by atoms with Gasteiger partial charge >= 0.3 is 0 Å². The zero-order valence-corrected chi connectivity index (χ0v) is 15.1. The van der Waals surface area contributed by atoms with Crippen LogP contribution in [0.25, 0.3) is 11.0 Å². The molecule has 0 spiro atoms. The maximum absolute atomic E-state index is 4.19. The van der Waals surface area contributed by atoms with Crippen molar-refractivity contribution in [3.8, 4) is 0 Å². The van der Waals surface area contributed by atoms with Gasteiger partial charge in [0.05, 0.1) is 17.4 Å². The third kappa shape index (κ3) is 4.69. The molecule has 0 unspecified atom stereocenters. The lowest BCUT2D eigenvalue weighted by Crippen LogP contribution is -2.10. The van der Waals surface area contributed by atoms with Gasteiger partial charge in [-0.2, -0.15) is 0 Å². The van der Waals surface area contributed by atoms with E-state index in [1.54, 1.807) is 6.33 Å².